The van der Waals surface area contributed by atoms with Gasteiger partial charge in [-0.2, -0.15) is 16.9 Å². The average molecular weight is 383 g/mol. The molecule has 0 amide bonds. The van der Waals surface area contributed by atoms with Crippen LogP contribution in [0.15, 0.2) is 55.0 Å². The van der Waals surface area contributed by atoms with Gasteiger partial charge in [-0.15, -0.1) is 0 Å². The van der Waals surface area contributed by atoms with E-state index in [9.17, 15) is 8.78 Å². The molecule has 0 saturated heterocycles. The number of hydrogen-bond acceptors (Lipinski definition) is 5. The number of fused-ring (bicyclic) bond motifs is 1. The Morgan fingerprint density at radius 2 is 1.89 bits per heavy atom. The second-order valence-electron chi connectivity index (χ2n) is 5.89. The molecule has 5 nitrogen and oxygen atoms in total. The van der Waals surface area contributed by atoms with Crippen molar-refractivity contribution in [2.45, 2.75) is 12.2 Å². The van der Waals surface area contributed by atoms with Crippen LogP contribution in [0.3, 0.4) is 0 Å². The highest BCUT2D eigenvalue weighted by Gasteiger charge is 2.14. The minimum atomic E-state index is -2.65. The molecule has 3 heterocycles. The van der Waals surface area contributed by atoms with Crippen LogP contribution in [0.4, 0.5) is 8.78 Å². The highest BCUT2D eigenvalue weighted by molar-refractivity contribution is 7.97. The van der Waals surface area contributed by atoms with Crippen LogP contribution in [0, 0.1) is 0 Å². The molecule has 0 aliphatic rings. The van der Waals surface area contributed by atoms with Gasteiger partial charge in [-0.05, 0) is 36.1 Å². The number of halogens is 2. The van der Waals surface area contributed by atoms with Crippen LogP contribution in [0.1, 0.15) is 17.7 Å². The fraction of sp³-hybridized carbons (Fsp3) is 0.158. The molecule has 8 heteroatoms. The summed E-state index contributed by atoms with van der Waals surface area (Å²) >= 11 is 1.75. The van der Waals surface area contributed by atoms with Crippen molar-refractivity contribution < 1.29 is 8.78 Å². The summed E-state index contributed by atoms with van der Waals surface area (Å²) in [5.41, 5.74) is 4.22. The maximum atomic E-state index is 13.0. The van der Waals surface area contributed by atoms with Crippen LogP contribution in [0.5, 0.6) is 0 Å². The first-order chi connectivity index (χ1) is 13.2. The monoisotopic (exact) mass is 383 g/mol. The smallest absolute Gasteiger partial charge is 0.236 e. The minimum Gasteiger partial charge on any atom is -0.236 e. The normalized spacial score (nSPS) is 11.4. The number of hydrogen-bond donors (Lipinski definition) is 0. The topological polar surface area (TPSA) is 56.0 Å². The molecule has 1 aromatic carbocycles. The van der Waals surface area contributed by atoms with Crippen molar-refractivity contribution in [3.8, 4) is 22.6 Å². The maximum Gasteiger partial charge on any atom is 0.282 e. The van der Waals surface area contributed by atoms with E-state index < -0.39 is 6.43 Å². The van der Waals surface area contributed by atoms with Gasteiger partial charge < -0.3 is 0 Å². The summed E-state index contributed by atoms with van der Waals surface area (Å²) in [5, 5.41) is 3.99. The van der Waals surface area contributed by atoms with Gasteiger partial charge in [0.1, 0.15) is 17.7 Å². The van der Waals surface area contributed by atoms with Crippen LogP contribution >= 0.6 is 11.8 Å². The van der Waals surface area contributed by atoms with E-state index in [0.717, 1.165) is 17.0 Å². The highest BCUT2D eigenvalue weighted by atomic mass is 32.2. The summed E-state index contributed by atoms with van der Waals surface area (Å²) in [5.74, 6) is 0.916. The lowest BCUT2D eigenvalue weighted by Crippen LogP contribution is -2.01. The lowest BCUT2D eigenvalue weighted by atomic mass is 10.1. The molecule has 0 N–H and O–H groups in total. The van der Waals surface area contributed by atoms with E-state index in [0.29, 0.717) is 17.0 Å². The van der Waals surface area contributed by atoms with Crippen LogP contribution in [-0.4, -0.2) is 30.8 Å². The van der Waals surface area contributed by atoms with Crippen molar-refractivity contribution in [2.24, 2.45) is 0 Å². The first kappa shape index (κ1) is 17.5. The van der Waals surface area contributed by atoms with Crippen LogP contribution in [-0.2, 0) is 5.75 Å². The molecule has 27 heavy (non-hydrogen) atoms. The van der Waals surface area contributed by atoms with E-state index in [-0.39, 0.29) is 5.69 Å². The molecule has 4 rings (SSSR count). The molecule has 136 valence electrons. The zero-order chi connectivity index (χ0) is 18.8. The Labute approximate surface area is 158 Å². The van der Waals surface area contributed by atoms with Crippen molar-refractivity contribution in [3.63, 3.8) is 0 Å². The van der Waals surface area contributed by atoms with Gasteiger partial charge in [0.15, 0.2) is 5.65 Å². The van der Waals surface area contributed by atoms with Crippen molar-refractivity contribution in [2.75, 3.05) is 6.26 Å². The molecule has 0 aliphatic carbocycles. The van der Waals surface area contributed by atoms with E-state index >= 15 is 0 Å². The molecular weight excluding hydrogens is 368 g/mol. The van der Waals surface area contributed by atoms with Crippen molar-refractivity contribution in [1.82, 2.24) is 24.6 Å². The first-order valence-electron chi connectivity index (χ1n) is 8.19. The molecule has 0 fully saturated rings. The summed E-state index contributed by atoms with van der Waals surface area (Å²) in [6.45, 7) is 0. The molecule has 0 saturated carbocycles. The summed E-state index contributed by atoms with van der Waals surface area (Å²) in [6, 6.07) is 12.8. The lowest BCUT2D eigenvalue weighted by Gasteiger charge is -2.06. The Bertz CT molecular complexity index is 1100. The summed E-state index contributed by atoms with van der Waals surface area (Å²) < 4.78 is 27.4. The molecular formula is C19H15F2N5S. The van der Waals surface area contributed by atoms with E-state index in [2.05, 4.69) is 38.4 Å². The molecule has 0 spiro atoms. The Kier molecular flexibility index (Phi) is 4.81. The number of rotatable bonds is 5. The highest BCUT2D eigenvalue weighted by Crippen LogP contribution is 2.25. The minimum absolute atomic E-state index is 0.305. The van der Waals surface area contributed by atoms with Gasteiger partial charge in [0.2, 0.25) is 0 Å². The molecule has 0 aliphatic heterocycles. The number of imidazole rings is 1. The standard InChI is InChI=1S/C19H15F2N5S/c1-27-10-12-3-2-4-13(7-12)15-8-16(24-11-23-15)17-9-22-18-6-5-14(19(20)21)25-26(17)18/h2-9,11,19H,10H2,1H3. The molecule has 3 aromatic heterocycles. The van der Waals surface area contributed by atoms with Crippen LogP contribution < -0.4 is 0 Å². The van der Waals surface area contributed by atoms with E-state index in [1.807, 2.05) is 18.2 Å². The predicted octanol–water partition coefficient (Wildman–Crippen LogP) is 4.65. The van der Waals surface area contributed by atoms with E-state index in [1.165, 1.54) is 28.5 Å². The van der Waals surface area contributed by atoms with Gasteiger partial charge in [-0.25, -0.2) is 28.2 Å². The molecule has 0 radical (unpaired) electrons. The number of alkyl halides is 2. The molecule has 4 aromatic rings. The molecule has 0 unspecified atom stereocenters. The molecule has 0 atom stereocenters. The molecule has 0 bridgehead atoms. The second kappa shape index (κ2) is 7.40. The van der Waals surface area contributed by atoms with Gasteiger partial charge in [0.25, 0.3) is 6.43 Å². The fourth-order valence-corrected chi connectivity index (χ4v) is 3.33. The Balaban J connectivity index is 1.78. The second-order valence-corrected chi connectivity index (χ2v) is 6.76. The number of thioether (sulfide) groups is 1. The van der Waals surface area contributed by atoms with Gasteiger partial charge in [-0.1, -0.05) is 18.2 Å². The third-order valence-corrected chi connectivity index (χ3v) is 4.69. The Hall–Kier alpha value is -2.87. The quantitative estimate of drug-likeness (QED) is 0.502. The Morgan fingerprint density at radius 1 is 1.04 bits per heavy atom. The van der Waals surface area contributed by atoms with Crippen molar-refractivity contribution >= 4 is 17.4 Å². The maximum absolute atomic E-state index is 13.0. The van der Waals surface area contributed by atoms with Crippen LogP contribution in [0.25, 0.3) is 28.3 Å². The largest absolute Gasteiger partial charge is 0.282 e. The third kappa shape index (κ3) is 3.52. The van der Waals surface area contributed by atoms with E-state index in [4.69, 9.17) is 0 Å². The van der Waals surface area contributed by atoms with Crippen molar-refractivity contribution in [1.29, 1.82) is 0 Å². The number of nitrogens with zero attached hydrogens (tertiary/aromatic N) is 5. The van der Waals surface area contributed by atoms with Gasteiger partial charge in [0.05, 0.1) is 17.6 Å². The zero-order valence-electron chi connectivity index (χ0n) is 14.4. The van der Waals surface area contributed by atoms with Crippen LogP contribution in [0.2, 0.25) is 0 Å². The summed E-state index contributed by atoms with van der Waals surface area (Å²) in [6.07, 6.45) is 2.45. The zero-order valence-corrected chi connectivity index (χ0v) is 15.2. The van der Waals surface area contributed by atoms with Gasteiger partial charge in [-0.3, -0.25) is 0 Å². The number of aromatic nitrogens is 5. The van der Waals surface area contributed by atoms with Crippen molar-refractivity contribution in [3.05, 3.63) is 66.2 Å². The third-order valence-electron chi connectivity index (χ3n) is 4.07. The predicted molar refractivity (Wildman–Crippen MR) is 102 cm³/mol. The lowest BCUT2D eigenvalue weighted by molar-refractivity contribution is 0.144. The fourth-order valence-electron chi connectivity index (χ4n) is 2.82. The summed E-state index contributed by atoms with van der Waals surface area (Å²) in [4.78, 5) is 12.9. The SMILES string of the molecule is CSCc1cccc(-c2cc(-c3cnc4ccc(C(F)F)nn34)ncn2)c1. The number of benzene rings is 1. The Morgan fingerprint density at radius 3 is 2.70 bits per heavy atom. The summed E-state index contributed by atoms with van der Waals surface area (Å²) in [7, 11) is 0. The van der Waals surface area contributed by atoms with E-state index in [1.54, 1.807) is 18.0 Å². The average Bonchev–Trinajstić information content (AvgIpc) is 3.12. The van der Waals surface area contributed by atoms with Gasteiger partial charge >= 0.3 is 0 Å². The first-order valence-corrected chi connectivity index (χ1v) is 9.58. The van der Waals surface area contributed by atoms with Gasteiger partial charge in [0, 0.05) is 11.3 Å².